The highest BCUT2D eigenvalue weighted by atomic mass is 16.4. The Kier molecular flexibility index (Phi) is 4.58. The largest absolute Gasteiger partial charge is 0.478 e. The van der Waals surface area contributed by atoms with Crippen LogP contribution in [-0.4, -0.2) is 26.9 Å². The number of benzene rings is 2. The van der Waals surface area contributed by atoms with E-state index >= 15 is 0 Å². The zero-order valence-electron chi connectivity index (χ0n) is 16.5. The Morgan fingerprint density at radius 2 is 1.43 bits per heavy atom. The summed E-state index contributed by atoms with van der Waals surface area (Å²) in [4.78, 5) is 31.4. The third-order valence-electron chi connectivity index (χ3n) is 6.33. The second kappa shape index (κ2) is 7.41. The molecule has 0 aliphatic heterocycles. The van der Waals surface area contributed by atoms with E-state index in [1.54, 1.807) is 0 Å². The van der Waals surface area contributed by atoms with Crippen LogP contribution in [0.3, 0.4) is 0 Å². The fraction of sp³-hybridized carbons (Fsp3) is 0.240. The van der Waals surface area contributed by atoms with Gasteiger partial charge in [0.05, 0.1) is 17.6 Å². The zero-order valence-corrected chi connectivity index (χ0v) is 16.5. The summed E-state index contributed by atoms with van der Waals surface area (Å²) in [6.07, 6.45) is 4.99. The van der Waals surface area contributed by atoms with E-state index in [0.29, 0.717) is 0 Å². The van der Waals surface area contributed by atoms with Gasteiger partial charge in [0.15, 0.2) is 0 Å². The Bertz CT molecular complexity index is 1080. The van der Waals surface area contributed by atoms with Crippen LogP contribution in [0.25, 0.3) is 0 Å². The average molecular weight is 398 g/mol. The lowest BCUT2D eigenvalue weighted by Gasteiger charge is -2.35. The lowest BCUT2D eigenvalue weighted by molar-refractivity contribution is 0.0557. The summed E-state index contributed by atoms with van der Waals surface area (Å²) in [5.74, 6) is -1.27. The van der Waals surface area contributed by atoms with Gasteiger partial charge in [0.1, 0.15) is 5.69 Å². The number of carbonyl (C=O) groups is 2. The van der Waals surface area contributed by atoms with E-state index in [2.05, 4.69) is 29.2 Å². The molecule has 1 amide bonds. The van der Waals surface area contributed by atoms with E-state index in [4.69, 9.17) is 0 Å². The van der Waals surface area contributed by atoms with Crippen molar-refractivity contribution in [2.24, 2.45) is 0 Å². The molecule has 5 rings (SSSR count). The maximum atomic E-state index is 13.8. The predicted molar refractivity (Wildman–Crippen MR) is 112 cm³/mol. The monoisotopic (exact) mass is 398 g/mol. The molecule has 2 atom stereocenters. The highest BCUT2D eigenvalue weighted by molar-refractivity contribution is 5.96. The van der Waals surface area contributed by atoms with Gasteiger partial charge in [-0.1, -0.05) is 48.5 Å². The van der Waals surface area contributed by atoms with Crippen molar-refractivity contribution in [1.29, 1.82) is 0 Å². The van der Waals surface area contributed by atoms with Crippen molar-refractivity contribution in [3.63, 3.8) is 0 Å². The van der Waals surface area contributed by atoms with Gasteiger partial charge in [-0.25, -0.2) is 4.79 Å². The molecule has 0 fully saturated rings. The first-order valence-corrected chi connectivity index (χ1v) is 10.3. The van der Waals surface area contributed by atoms with E-state index in [1.807, 2.05) is 29.2 Å². The average Bonchev–Trinajstić information content (AvgIpc) is 3.39. The summed E-state index contributed by atoms with van der Waals surface area (Å²) in [6, 6.07) is 19.3. The summed E-state index contributed by atoms with van der Waals surface area (Å²) in [7, 11) is 0. The molecule has 0 radical (unpaired) electrons. The van der Waals surface area contributed by atoms with E-state index in [9.17, 15) is 14.7 Å². The lowest BCUT2D eigenvalue weighted by Crippen LogP contribution is -2.37. The van der Waals surface area contributed by atoms with Gasteiger partial charge in [-0.2, -0.15) is 0 Å². The Morgan fingerprint density at radius 3 is 2.00 bits per heavy atom. The summed E-state index contributed by atoms with van der Waals surface area (Å²) >= 11 is 0. The number of carboxylic acids is 1. The van der Waals surface area contributed by atoms with Crippen molar-refractivity contribution < 1.29 is 14.7 Å². The summed E-state index contributed by atoms with van der Waals surface area (Å²) in [6.45, 7) is 0. The number of carbonyl (C=O) groups excluding carboxylic acids is 1. The minimum Gasteiger partial charge on any atom is -0.478 e. The molecule has 2 unspecified atom stereocenters. The fourth-order valence-corrected chi connectivity index (χ4v) is 4.96. The van der Waals surface area contributed by atoms with Crippen molar-refractivity contribution in [3.05, 3.63) is 100 Å². The van der Waals surface area contributed by atoms with Crippen molar-refractivity contribution in [1.82, 2.24) is 9.88 Å². The summed E-state index contributed by atoms with van der Waals surface area (Å²) in [5.41, 5.74) is 5.18. The number of hydrogen-bond donors (Lipinski definition) is 1. The molecule has 0 spiro atoms. The lowest BCUT2D eigenvalue weighted by atomic mass is 10.00. The number of aromatic nitrogens is 1. The van der Waals surface area contributed by atoms with Crippen LogP contribution in [0.1, 0.15) is 68.0 Å². The van der Waals surface area contributed by atoms with Gasteiger partial charge in [-0.15, -0.1) is 0 Å². The zero-order chi connectivity index (χ0) is 20.7. The molecule has 30 heavy (non-hydrogen) atoms. The molecule has 1 aromatic heterocycles. The second-order valence-electron chi connectivity index (χ2n) is 7.95. The van der Waals surface area contributed by atoms with Crippen LogP contribution in [0, 0.1) is 0 Å². The molecule has 3 aromatic rings. The Morgan fingerprint density at radius 1 is 0.867 bits per heavy atom. The van der Waals surface area contributed by atoms with Gasteiger partial charge in [0.25, 0.3) is 5.91 Å². The third-order valence-corrected chi connectivity index (χ3v) is 6.33. The first kappa shape index (κ1) is 18.6. The Balaban J connectivity index is 1.60. The highest BCUT2D eigenvalue weighted by Gasteiger charge is 2.39. The number of nitrogens with zero attached hydrogens (tertiary/aromatic N) is 2. The third kappa shape index (κ3) is 3.07. The maximum absolute atomic E-state index is 13.8. The first-order chi connectivity index (χ1) is 14.6. The number of aromatic carboxylic acids is 1. The number of rotatable bonds is 4. The number of hydrogen-bond acceptors (Lipinski definition) is 3. The standard InChI is InChI=1S/C25H22N2O3/c28-24(21-15-18(25(29)30)13-14-26-21)27(22-11-9-16-5-1-3-7-19(16)22)23-12-10-17-6-2-4-8-20(17)23/h1-8,13-15,22-23H,9-12H2,(H,29,30). The molecule has 1 heterocycles. The number of aryl methyl sites for hydroxylation is 2. The van der Waals surface area contributed by atoms with Gasteiger partial charge >= 0.3 is 5.97 Å². The van der Waals surface area contributed by atoms with Crippen LogP contribution >= 0.6 is 0 Å². The van der Waals surface area contributed by atoms with Crippen molar-refractivity contribution >= 4 is 11.9 Å². The molecule has 2 aromatic carbocycles. The molecular weight excluding hydrogens is 376 g/mol. The quantitative estimate of drug-likeness (QED) is 0.697. The number of carboxylic acid groups (broad SMARTS) is 1. The van der Waals surface area contributed by atoms with Crippen LogP contribution in [0.4, 0.5) is 0 Å². The van der Waals surface area contributed by atoms with E-state index in [1.165, 1.54) is 40.6 Å². The molecule has 2 aliphatic rings. The minimum absolute atomic E-state index is 0.0415. The van der Waals surface area contributed by atoms with E-state index < -0.39 is 5.97 Å². The molecule has 0 saturated carbocycles. The van der Waals surface area contributed by atoms with Crippen molar-refractivity contribution in [3.8, 4) is 0 Å². The fourth-order valence-electron chi connectivity index (χ4n) is 4.96. The highest BCUT2D eigenvalue weighted by Crippen LogP contribution is 2.45. The van der Waals surface area contributed by atoms with Crippen LogP contribution < -0.4 is 0 Å². The second-order valence-corrected chi connectivity index (χ2v) is 7.95. The van der Waals surface area contributed by atoms with Gasteiger partial charge < -0.3 is 10.0 Å². The van der Waals surface area contributed by atoms with Gasteiger partial charge in [-0.3, -0.25) is 9.78 Å². The number of pyridine rings is 1. The maximum Gasteiger partial charge on any atom is 0.335 e. The Labute approximate surface area is 175 Å². The molecular formula is C25H22N2O3. The molecule has 2 aliphatic carbocycles. The Hall–Kier alpha value is -3.47. The molecule has 150 valence electrons. The summed E-state index contributed by atoms with van der Waals surface area (Å²) < 4.78 is 0. The van der Waals surface area contributed by atoms with E-state index in [0.717, 1.165) is 25.7 Å². The van der Waals surface area contributed by atoms with Crippen molar-refractivity contribution in [2.75, 3.05) is 0 Å². The van der Waals surface area contributed by atoms with Gasteiger partial charge in [0.2, 0.25) is 0 Å². The van der Waals surface area contributed by atoms with E-state index in [-0.39, 0.29) is 29.2 Å². The smallest absolute Gasteiger partial charge is 0.335 e. The molecule has 5 heteroatoms. The molecule has 1 N–H and O–H groups in total. The normalized spacial score (nSPS) is 19.2. The molecule has 0 saturated heterocycles. The number of amides is 1. The van der Waals surface area contributed by atoms with Crippen LogP contribution in [0.5, 0.6) is 0 Å². The predicted octanol–water partition coefficient (Wildman–Crippen LogP) is 4.60. The molecule has 5 nitrogen and oxygen atoms in total. The SMILES string of the molecule is O=C(O)c1ccnc(C(=O)N(C2CCc3ccccc32)C2CCc3ccccc32)c1. The van der Waals surface area contributed by atoms with Crippen LogP contribution in [0.15, 0.2) is 66.9 Å². The van der Waals surface area contributed by atoms with Crippen molar-refractivity contribution in [2.45, 2.75) is 37.8 Å². The first-order valence-electron chi connectivity index (χ1n) is 10.3. The topological polar surface area (TPSA) is 70.5 Å². The van der Waals surface area contributed by atoms with Gasteiger partial charge in [0, 0.05) is 6.20 Å². The number of fused-ring (bicyclic) bond motifs is 2. The van der Waals surface area contributed by atoms with Gasteiger partial charge in [-0.05, 0) is 60.1 Å². The molecule has 0 bridgehead atoms. The van der Waals surface area contributed by atoms with Crippen LogP contribution in [-0.2, 0) is 12.8 Å². The minimum atomic E-state index is -1.06. The van der Waals surface area contributed by atoms with Crippen LogP contribution in [0.2, 0.25) is 0 Å². The summed E-state index contributed by atoms with van der Waals surface area (Å²) in [5, 5.41) is 9.36.